The zero-order chi connectivity index (χ0) is 13.0. The molecule has 1 aromatic rings. The lowest BCUT2D eigenvalue weighted by atomic mass is 9.82. The molecular formula is C15H27N3. The molecule has 3 heteroatoms. The Hall–Kier alpha value is -0.830. The molecule has 1 saturated carbocycles. The molecule has 0 aromatic carbocycles. The molecule has 1 aliphatic rings. The maximum atomic E-state index is 4.48. The van der Waals surface area contributed by atoms with Gasteiger partial charge >= 0.3 is 0 Å². The summed E-state index contributed by atoms with van der Waals surface area (Å²) in [7, 11) is 2.01. The molecule has 3 nitrogen and oxygen atoms in total. The van der Waals surface area contributed by atoms with E-state index < -0.39 is 0 Å². The van der Waals surface area contributed by atoms with Crippen molar-refractivity contribution < 1.29 is 0 Å². The Morgan fingerprint density at radius 1 is 1.44 bits per heavy atom. The molecule has 1 heterocycles. The second-order valence-corrected chi connectivity index (χ2v) is 5.90. The monoisotopic (exact) mass is 249 g/mol. The molecule has 2 rings (SSSR count). The standard InChI is InChI=1S/C15H27N3/c1-4-15-14(11-18(3)17-15)10-16-9-13-7-5-6-12(2)8-13/h11-13,16H,4-10H2,1-3H3. The van der Waals surface area contributed by atoms with Gasteiger partial charge in [0.05, 0.1) is 5.69 Å². The van der Waals surface area contributed by atoms with Crippen LogP contribution in [0.3, 0.4) is 0 Å². The summed E-state index contributed by atoms with van der Waals surface area (Å²) in [5.41, 5.74) is 2.60. The van der Waals surface area contributed by atoms with Crippen LogP contribution in [0.2, 0.25) is 0 Å². The van der Waals surface area contributed by atoms with E-state index in [0.29, 0.717) is 0 Å². The van der Waals surface area contributed by atoms with Crippen LogP contribution in [0.25, 0.3) is 0 Å². The first-order valence-corrected chi connectivity index (χ1v) is 7.41. The van der Waals surface area contributed by atoms with Crippen LogP contribution in [0.1, 0.15) is 50.8 Å². The Morgan fingerprint density at radius 2 is 2.28 bits per heavy atom. The summed E-state index contributed by atoms with van der Waals surface area (Å²) >= 11 is 0. The van der Waals surface area contributed by atoms with Crippen molar-refractivity contribution in [3.8, 4) is 0 Å². The van der Waals surface area contributed by atoms with E-state index >= 15 is 0 Å². The van der Waals surface area contributed by atoms with E-state index in [4.69, 9.17) is 0 Å². The number of aryl methyl sites for hydroxylation is 2. The fourth-order valence-corrected chi connectivity index (χ4v) is 3.19. The summed E-state index contributed by atoms with van der Waals surface area (Å²) in [6.07, 6.45) is 8.83. The molecule has 1 N–H and O–H groups in total. The van der Waals surface area contributed by atoms with E-state index in [1.54, 1.807) is 0 Å². The van der Waals surface area contributed by atoms with Gasteiger partial charge in [-0.1, -0.05) is 26.7 Å². The van der Waals surface area contributed by atoms with Crippen LogP contribution in [0.15, 0.2) is 6.20 Å². The fraction of sp³-hybridized carbons (Fsp3) is 0.800. The Labute approximate surface area is 111 Å². The first kappa shape index (κ1) is 13.6. The highest BCUT2D eigenvalue weighted by atomic mass is 15.3. The summed E-state index contributed by atoms with van der Waals surface area (Å²) in [5, 5.41) is 8.11. The van der Waals surface area contributed by atoms with Crippen LogP contribution in [0.5, 0.6) is 0 Å². The lowest BCUT2D eigenvalue weighted by Crippen LogP contribution is -2.26. The van der Waals surface area contributed by atoms with E-state index in [-0.39, 0.29) is 0 Å². The molecule has 0 radical (unpaired) electrons. The van der Waals surface area contributed by atoms with Crippen molar-refractivity contribution in [2.75, 3.05) is 6.54 Å². The molecule has 0 aliphatic heterocycles. The molecule has 1 aliphatic carbocycles. The van der Waals surface area contributed by atoms with E-state index in [2.05, 4.69) is 30.5 Å². The van der Waals surface area contributed by atoms with Gasteiger partial charge in [0.25, 0.3) is 0 Å². The highest BCUT2D eigenvalue weighted by Crippen LogP contribution is 2.27. The zero-order valence-corrected chi connectivity index (χ0v) is 12.1. The summed E-state index contributed by atoms with van der Waals surface area (Å²) < 4.78 is 1.93. The topological polar surface area (TPSA) is 29.9 Å². The SMILES string of the molecule is CCc1nn(C)cc1CNCC1CCCC(C)C1. The fourth-order valence-electron chi connectivity index (χ4n) is 3.19. The van der Waals surface area contributed by atoms with Crippen LogP contribution in [-0.2, 0) is 20.0 Å². The van der Waals surface area contributed by atoms with Crippen LogP contribution >= 0.6 is 0 Å². The number of hydrogen-bond acceptors (Lipinski definition) is 2. The molecule has 18 heavy (non-hydrogen) atoms. The Kier molecular flexibility index (Phi) is 4.81. The third kappa shape index (κ3) is 3.58. The summed E-state index contributed by atoms with van der Waals surface area (Å²) in [6, 6.07) is 0. The summed E-state index contributed by atoms with van der Waals surface area (Å²) in [6.45, 7) is 6.71. The number of nitrogens with one attached hydrogen (secondary N) is 1. The van der Waals surface area contributed by atoms with Crippen molar-refractivity contribution in [1.29, 1.82) is 0 Å². The van der Waals surface area contributed by atoms with Crippen LogP contribution < -0.4 is 5.32 Å². The van der Waals surface area contributed by atoms with Gasteiger partial charge in [0.15, 0.2) is 0 Å². The van der Waals surface area contributed by atoms with Crippen molar-refractivity contribution in [1.82, 2.24) is 15.1 Å². The molecule has 102 valence electrons. The van der Waals surface area contributed by atoms with Crippen molar-refractivity contribution in [2.24, 2.45) is 18.9 Å². The minimum atomic E-state index is 0.885. The van der Waals surface area contributed by atoms with E-state index in [1.165, 1.54) is 43.5 Å². The average molecular weight is 249 g/mol. The van der Waals surface area contributed by atoms with Crippen molar-refractivity contribution in [2.45, 2.75) is 52.5 Å². The first-order valence-electron chi connectivity index (χ1n) is 7.41. The van der Waals surface area contributed by atoms with Crippen LogP contribution in [0.4, 0.5) is 0 Å². The highest BCUT2D eigenvalue weighted by Gasteiger charge is 2.18. The Bertz CT molecular complexity index is 370. The van der Waals surface area contributed by atoms with Crippen molar-refractivity contribution in [3.05, 3.63) is 17.5 Å². The van der Waals surface area contributed by atoms with E-state index in [0.717, 1.165) is 24.8 Å². The largest absolute Gasteiger partial charge is 0.312 e. The molecule has 0 spiro atoms. The summed E-state index contributed by atoms with van der Waals surface area (Å²) in [5.74, 6) is 1.81. The Morgan fingerprint density at radius 3 is 3.00 bits per heavy atom. The molecule has 0 saturated heterocycles. The maximum Gasteiger partial charge on any atom is 0.0666 e. The van der Waals surface area contributed by atoms with Gasteiger partial charge in [-0.05, 0) is 37.6 Å². The molecule has 1 aromatic heterocycles. The van der Waals surface area contributed by atoms with Gasteiger partial charge in [0, 0.05) is 25.4 Å². The predicted octanol–water partition coefficient (Wildman–Crippen LogP) is 2.90. The number of rotatable bonds is 5. The second-order valence-electron chi connectivity index (χ2n) is 5.90. The van der Waals surface area contributed by atoms with Gasteiger partial charge in [0.1, 0.15) is 0 Å². The molecule has 0 amide bonds. The minimum Gasteiger partial charge on any atom is -0.312 e. The normalized spacial score (nSPS) is 24.4. The predicted molar refractivity (Wildman–Crippen MR) is 75.4 cm³/mol. The number of aromatic nitrogens is 2. The number of hydrogen-bond donors (Lipinski definition) is 1. The van der Waals surface area contributed by atoms with Crippen LogP contribution in [0, 0.1) is 11.8 Å². The van der Waals surface area contributed by atoms with E-state index in [9.17, 15) is 0 Å². The van der Waals surface area contributed by atoms with Crippen LogP contribution in [-0.4, -0.2) is 16.3 Å². The maximum absolute atomic E-state index is 4.48. The average Bonchev–Trinajstić information content (AvgIpc) is 2.70. The third-order valence-corrected chi connectivity index (χ3v) is 4.12. The smallest absolute Gasteiger partial charge is 0.0666 e. The first-order chi connectivity index (χ1) is 8.69. The van der Waals surface area contributed by atoms with Crippen molar-refractivity contribution >= 4 is 0 Å². The quantitative estimate of drug-likeness (QED) is 0.869. The minimum absolute atomic E-state index is 0.885. The zero-order valence-electron chi connectivity index (χ0n) is 12.1. The third-order valence-electron chi connectivity index (χ3n) is 4.12. The highest BCUT2D eigenvalue weighted by molar-refractivity contribution is 5.16. The molecular weight excluding hydrogens is 222 g/mol. The lowest BCUT2D eigenvalue weighted by Gasteiger charge is -2.26. The van der Waals surface area contributed by atoms with Crippen molar-refractivity contribution in [3.63, 3.8) is 0 Å². The van der Waals surface area contributed by atoms with Gasteiger partial charge < -0.3 is 5.32 Å². The number of nitrogens with zero attached hydrogens (tertiary/aromatic N) is 2. The second kappa shape index (κ2) is 6.37. The van der Waals surface area contributed by atoms with Gasteiger partial charge in [-0.25, -0.2) is 0 Å². The van der Waals surface area contributed by atoms with Gasteiger partial charge in [0.2, 0.25) is 0 Å². The molecule has 0 bridgehead atoms. The van der Waals surface area contributed by atoms with Gasteiger partial charge in [-0.15, -0.1) is 0 Å². The van der Waals surface area contributed by atoms with Gasteiger partial charge in [-0.3, -0.25) is 4.68 Å². The summed E-state index contributed by atoms with van der Waals surface area (Å²) in [4.78, 5) is 0. The molecule has 2 unspecified atom stereocenters. The van der Waals surface area contributed by atoms with Gasteiger partial charge in [-0.2, -0.15) is 5.10 Å². The molecule has 2 atom stereocenters. The Balaban J connectivity index is 1.77. The molecule has 1 fully saturated rings. The van der Waals surface area contributed by atoms with E-state index in [1.807, 2.05) is 11.7 Å². The lowest BCUT2D eigenvalue weighted by molar-refractivity contribution is 0.274.